The van der Waals surface area contributed by atoms with Crippen LogP contribution in [0.1, 0.15) is 10.4 Å². The largest absolute Gasteiger partial charge is 0.488 e. The van der Waals surface area contributed by atoms with Crippen LogP contribution in [0.5, 0.6) is 0 Å². The minimum absolute atomic E-state index is 0.253. The first-order chi connectivity index (χ1) is 9.06. The molecule has 19 heavy (non-hydrogen) atoms. The molecule has 0 heterocycles. The Morgan fingerprint density at radius 3 is 2.37 bits per heavy atom. The van der Waals surface area contributed by atoms with E-state index >= 15 is 0 Å². The number of amides is 1. The average molecular weight is 320 g/mol. The molecule has 0 spiro atoms. The standard InChI is InChI=1S/C13H11BBrNO3/c15-11-2-1-3-12(8-11)16-13(17)9-4-6-10(7-5-9)14(18)19/h1-8,18-19H,(H,16,17). The number of hydrogen-bond donors (Lipinski definition) is 3. The zero-order valence-corrected chi connectivity index (χ0v) is 11.5. The third kappa shape index (κ3) is 3.67. The van der Waals surface area contributed by atoms with Gasteiger partial charge < -0.3 is 15.4 Å². The van der Waals surface area contributed by atoms with E-state index in [9.17, 15) is 4.79 Å². The maximum atomic E-state index is 12.0. The van der Waals surface area contributed by atoms with Gasteiger partial charge in [0.2, 0.25) is 0 Å². The van der Waals surface area contributed by atoms with Gasteiger partial charge in [0.15, 0.2) is 0 Å². The molecule has 0 atom stereocenters. The fourth-order valence-corrected chi connectivity index (χ4v) is 1.98. The fraction of sp³-hybridized carbons (Fsp3) is 0. The third-order valence-corrected chi connectivity index (χ3v) is 3.05. The first-order valence-electron chi connectivity index (χ1n) is 5.59. The summed E-state index contributed by atoms with van der Waals surface area (Å²) in [6, 6.07) is 13.4. The van der Waals surface area contributed by atoms with Gasteiger partial charge in [-0.2, -0.15) is 0 Å². The summed E-state index contributed by atoms with van der Waals surface area (Å²) in [5.74, 6) is -0.253. The number of carbonyl (C=O) groups excluding carboxylic acids is 1. The molecule has 4 nitrogen and oxygen atoms in total. The van der Waals surface area contributed by atoms with Gasteiger partial charge in [0.05, 0.1) is 0 Å². The second-order valence-electron chi connectivity index (χ2n) is 3.96. The minimum Gasteiger partial charge on any atom is -0.423 e. The van der Waals surface area contributed by atoms with Crippen molar-refractivity contribution >= 4 is 40.1 Å². The lowest BCUT2D eigenvalue weighted by Crippen LogP contribution is -2.29. The first kappa shape index (κ1) is 13.8. The van der Waals surface area contributed by atoms with Crippen LogP contribution in [0.2, 0.25) is 0 Å². The Bertz CT molecular complexity index is 587. The zero-order valence-electron chi connectivity index (χ0n) is 9.88. The van der Waals surface area contributed by atoms with E-state index in [2.05, 4.69) is 21.2 Å². The van der Waals surface area contributed by atoms with Crippen molar-refractivity contribution in [2.45, 2.75) is 0 Å². The molecule has 6 heteroatoms. The lowest BCUT2D eigenvalue weighted by molar-refractivity contribution is 0.102. The summed E-state index contributed by atoms with van der Waals surface area (Å²) >= 11 is 3.33. The Kier molecular flexibility index (Phi) is 4.37. The van der Waals surface area contributed by atoms with Gasteiger partial charge in [-0.25, -0.2) is 0 Å². The van der Waals surface area contributed by atoms with Crippen LogP contribution in [-0.4, -0.2) is 23.1 Å². The average Bonchev–Trinajstić information content (AvgIpc) is 2.39. The van der Waals surface area contributed by atoms with Crippen LogP contribution in [0.3, 0.4) is 0 Å². The van der Waals surface area contributed by atoms with E-state index in [1.165, 1.54) is 12.1 Å². The van der Waals surface area contributed by atoms with E-state index in [0.29, 0.717) is 16.7 Å². The molecular weight excluding hydrogens is 309 g/mol. The molecule has 0 saturated carbocycles. The predicted molar refractivity (Wildman–Crippen MR) is 78.4 cm³/mol. The van der Waals surface area contributed by atoms with Gasteiger partial charge >= 0.3 is 7.12 Å². The molecular formula is C13H11BBrNO3. The molecule has 0 saturated heterocycles. The lowest BCUT2D eigenvalue weighted by atomic mass is 9.80. The van der Waals surface area contributed by atoms with Gasteiger partial charge in [0.1, 0.15) is 0 Å². The van der Waals surface area contributed by atoms with Crippen molar-refractivity contribution in [2.75, 3.05) is 5.32 Å². The van der Waals surface area contributed by atoms with Crippen LogP contribution >= 0.6 is 15.9 Å². The van der Waals surface area contributed by atoms with Crippen molar-refractivity contribution in [2.24, 2.45) is 0 Å². The molecule has 0 aliphatic carbocycles. The van der Waals surface area contributed by atoms with Gasteiger partial charge in [-0.1, -0.05) is 34.1 Å². The van der Waals surface area contributed by atoms with Crippen molar-refractivity contribution in [1.82, 2.24) is 0 Å². The molecule has 3 N–H and O–H groups in total. The predicted octanol–water partition coefficient (Wildman–Crippen LogP) is 1.38. The van der Waals surface area contributed by atoms with Crippen LogP contribution in [0.15, 0.2) is 53.0 Å². The van der Waals surface area contributed by atoms with Gasteiger partial charge in [0, 0.05) is 15.7 Å². The van der Waals surface area contributed by atoms with Crippen LogP contribution < -0.4 is 10.8 Å². The normalized spacial score (nSPS) is 10.1. The molecule has 0 aromatic heterocycles. The Balaban J connectivity index is 2.11. The Hall–Kier alpha value is -1.63. The molecule has 1 amide bonds. The van der Waals surface area contributed by atoms with Crippen molar-refractivity contribution in [3.05, 3.63) is 58.6 Å². The molecule has 2 aromatic carbocycles. The van der Waals surface area contributed by atoms with E-state index < -0.39 is 7.12 Å². The number of hydrogen-bond acceptors (Lipinski definition) is 3. The van der Waals surface area contributed by atoms with Gasteiger partial charge in [0.25, 0.3) is 5.91 Å². The molecule has 0 unspecified atom stereocenters. The smallest absolute Gasteiger partial charge is 0.423 e. The minimum atomic E-state index is -1.53. The topological polar surface area (TPSA) is 69.6 Å². The van der Waals surface area contributed by atoms with Crippen LogP contribution in [0, 0.1) is 0 Å². The Labute approximate surface area is 119 Å². The molecule has 96 valence electrons. The van der Waals surface area contributed by atoms with Gasteiger partial charge in [-0.15, -0.1) is 0 Å². The van der Waals surface area contributed by atoms with Crippen molar-refractivity contribution in [1.29, 1.82) is 0 Å². The van der Waals surface area contributed by atoms with Crippen molar-refractivity contribution in [3.63, 3.8) is 0 Å². The number of anilines is 1. The number of carbonyl (C=O) groups is 1. The van der Waals surface area contributed by atoms with Crippen molar-refractivity contribution in [3.8, 4) is 0 Å². The molecule has 0 aliphatic rings. The quantitative estimate of drug-likeness (QED) is 0.749. The highest BCUT2D eigenvalue weighted by Crippen LogP contribution is 2.16. The fourth-order valence-electron chi connectivity index (χ4n) is 1.58. The number of rotatable bonds is 3. The Morgan fingerprint density at radius 2 is 1.79 bits per heavy atom. The van der Waals surface area contributed by atoms with Gasteiger partial charge in [-0.05, 0) is 35.8 Å². The number of benzene rings is 2. The Morgan fingerprint density at radius 1 is 1.11 bits per heavy atom. The summed E-state index contributed by atoms with van der Waals surface area (Å²) in [5, 5.41) is 20.7. The summed E-state index contributed by atoms with van der Waals surface area (Å²) in [6.07, 6.45) is 0. The highest BCUT2D eigenvalue weighted by Gasteiger charge is 2.12. The SMILES string of the molecule is O=C(Nc1cccc(Br)c1)c1ccc(B(O)O)cc1. The molecule has 0 bridgehead atoms. The van der Waals surface area contributed by atoms with Gasteiger partial charge in [-0.3, -0.25) is 4.79 Å². The summed E-state index contributed by atoms with van der Waals surface area (Å²) < 4.78 is 0.879. The summed E-state index contributed by atoms with van der Waals surface area (Å²) in [7, 11) is -1.53. The van der Waals surface area contributed by atoms with E-state index in [1.54, 1.807) is 24.3 Å². The third-order valence-electron chi connectivity index (χ3n) is 2.55. The summed E-state index contributed by atoms with van der Waals surface area (Å²) in [4.78, 5) is 12.0. The number of halogens is 1. The maximum Gasteiger partial charge on any atom is 0.488 e. The molecule has 2 aromatic rings. The van der Waals surface area contributed by atoms with E-state index in [4.69, 9.17) is 10.0 Å². The maximum absolute atomic E-state index is 12.0. The second kappa shape index (κ2) is 6.01. The molecule has 2 rings (SSSR count). The number of nitrogens with one attached hydrogen (secondary N) is 1. The molecule has 0 aliphatic heterocycles. The van der Waals surface area contributed by atoms with E-state index in [-0.39, 0.29) is 5.91 Å². The summed E-state index contributed by atoms with van der Waals surface area (Å²) in [5.41, 5.74) is 1.48. The van der Waals surface area contributed by atoms with Crippen LogP contribution in [0.4, 0.5) is 5.69 Å². The first-order valence-corrected chi connectivity index (χ1v) is 6.38. The highest BCUT2D eigenvalue weighted by atomic mass is 79.9. The lowest BCUT2D eigenvalue weighted by Gasteiger charge is -2.06. The summed E-state index contributed by atoms with van der Waals surface area (Å²) in [6.45, 7) is 0. The van der Waals surface area contributed by atoms with E-state index in [0.717, 1.165) is 4.47 Å². The van der Waals surface area contributed by atoms with Crippen LogP contribution in [0.25, 0.3) is 0 Å². The van der Waals surface area contributed by atoms with Crippen molar-refractivity contribution < 1.29 is 14.8 Å². The van der Waals surface area contributed by atoms with Crippen LogP contribution in [-0.2, 0) is 0 Å². The second-order valence-corrected chi connectivity index (χ2v) is 4.88. The monoisotopic (exact) mass is 319 g/mol. The molecule has 0 fully saturated rings. The molecule has 0 radical (unpaired) electrons. The van der Waals surface area contributed by atoms with E-state index in [1.807, 2.05) is 12.1 Å². The highest BCUT2D eigenvalue weighted by molar-refractivity contribution is 9.10. The zero-order chi connectivity index (χ0) is 13.8.